The van der Waals surface area contributed by atoms with E-state index in [0.717, 1.165) is 11.1 Å². The number of nitrogens with zero attached hydrogens (tertiary/aromatic N) is 2. The molecule has 1 unspecified atom stereocenters. The molecule has 0 aliphatic rings. The molecule has 18 heavy (non-hydrogen) atoms. The van der Waals surface area contributed by atoms with Crippen molar-refractivity contribution in [2.45, 2.75) is 19.9 Å². The fourth-order valence-electron chi connectivity index (χ4n) is 1.74. The van der Waals surface area contributed by atoms with Gasteiger partial charge in [0, 0.05) is 17.8 Å². The van der Waals surface area contributed by atoms with Crippen molar-refractivity contribution in [3.05, 3.63) is 51.8 Å². The maximum absolute atomic E-state index is 10.9. The Balaban J connectivity index is 2.28. The number of anilines is 1. The summed E-state index contributed by atoms with van der Waals surface area (Å²) in [6.45, 7) is 3.83. The molecule has 2 rings (SSSR count). The molecule has 0 saturated heterocycles. The van der Waals surface area contributed by atoms with E-state index in [-0.39, 0.29) is 16.7 Å². The minimum atomic E-state index is -0.385. The predicted molar refractivity (Wildman–Crippen MR) is 68.5 cm³/mol. The molecule has 0 spiro atoms. The Morgan fingerprint density at radius 2 is 2.28 bits per heavy atom. The van der Waals surface area contributed by atoms with Crippen molar-refractivity contribution in [3.8, 4) is 0 Å². The van der Waals surface area contributed by atoms with E-state index in [2.05, 4.69) is 15.5 Å². The van der Waals surface area contributed by atoms with Gasteiger partial charge in [0.1, 0.15) is 5.69 Å². The largest absolute Gasteiger partial charge is 0.373 e. The summed E-state index contributed by atoms with van der Waals surface area (Å²) in [5.41, 5.74) is 2.53. The lowest BCUT2D eigenvalue weighted by molar-refractivity contribution is -0.384. The third-order valence-electron chi connectivity index (χ3n) is 2.74. The first-order chi connectivity index (χ1) is 8.58. The average molecular weight is 246 g/mol. The van der Waals surface area contributed by atoms with Gasteiger partial charge in [0.25, 0.3) is 5.69 Å². The maximum Gasteiger partial charge on any atom is 0.292 e. The van der Waals surface area contributed by atoms with Gasteiger partial charge in [0.15, 0.2) is 0 Å². The highest BCUT2D eigenvalue weighted by Gasteiger charge is 2.16. The van der Waals surface area contributed by atoms with Gasteiger partial charge in [-0.25, -0.2) is 0 Å². The number of nitro benzene ring substituents is 1. The number of aryl methyl sites for hydroxylation is 1. The number of benzene rings is 1. The summed E-state index contributed by atoms with van der Waals surface area (Å²) in [5.74, 6) is 0. The molecular formula is C12H14N4O2. The number of hydrogen-bond acceptors (Lipinski definition) is 4. The summed E-state index contributed by atoms with van der Waals surface area (Å²) in [6, 6.07) is 4.96. The van der Waals surface area contributed by atoms with Gasteiger partial charge in [-0.3, -0.25) is 15.2 Å². The van der Waals surface area contributed by atoms with Crippen molar-refractivity contribution < 1.29 is 4.92 Å². The summed E-state index contributed by atoms with van der Waals surface area (Å²) in [6.07, 6.45) is 3.46. The lowest BCUT2D eigenvalue weighted by Gasteiger charge is -2.14. The van der Waals surface area contributed by atoms with E-state index in [1.807, 2.05) is 13.8 Å². The van der Waals surface area contributed by atoms with E-state index < -0.39 is 0 Å². The van der Waals surface area contributed by atoms with Crippen LogP contribution in [0.15, 0.2) is 30.6 Å². The summed E-state index contributed by atoms with van der Waals surface area (Å²) in [7, 11) is 0. The molecule has 94 valence electrons. The first-order valence-corrected chi connectivity index (χ1v) is 5.58. The Kier molecular flexibility index (Phi) is 3.27. The number of H-pyrrole nitrogens is 1. The number of nitro groups is 1. The third-order valence-corrected chi connectivity index (χ3v) is 2.74. The fraction of sp³-hybridized carbons (Fsp3) is 0.250. The van der Waals surface area contributed by atoms with Crippen LogP contribution in [0.5, 0.6) is 0 Å². The van der Waals surface area contributed by atoms with Crippen molar-refractivity contribution in [1.29, 1.82) is 0 Å². The van der Waals surface area contributed by atoms with Crippen molar-refractivity contribution in [2.24, 2.45) is 0 Å². The smallest absolute Gasteiger partial charge is 0.292 e. The fourth-order valence-corrected chi connectivity index (χ4v) is 1.74. The van der Waals surface area contributed by atoms with Crippen LogP contribution >= 0.6 is 0 Å². The van der Waals surface area contributed by atoms with E-state index in [1.54, 1.807) is 24.5 Å². The summed E-state index contributed by atoms with van der Waals surface area (Å²) >= 11 is 0. The molecular weight excluding hydrogens is 232 g/mol. The monoisotopic (exact) mass is 246 g/mol. The number of aromatic nitrogens is 2. The van der Waals surface area contributed by atoms with Crippen LogP contribution in [0.2, 0.25) is 0 Å². The quantitative estimate of drug-likeness (QED) is 0.641. The molecule has 1 aromatic carbocycles. The highest BCUT2D eigenvalue weighted by atomic mass is 16.6. The summed E-state index contributed by atoms with van der Waals surface area (Å²) in [4.78, 5) is 10.6. The zero-order valence-corrected chi connectivity index (χ0v) is 10.2. The lowest BCUT2D eigenvalue weighted by atomic mass is 10.1. The molecule has 1 heterocycles. The zero-order chi connectivity index (χ0) is 13.1. The van der Waals surface area contributed by atoms with Crippen LogP contribution in [0.25, 0.3) is 0 Å². The van der Waals surface area contributed by atoms with Gasteiger partial charge in [0.05, 0.1) is 17.2 Å². The van der Waals surface area contributed by atoms with Crippen LogP contribution in [0, 0.1) is 17.0 Å². The first-order valence-electron chi connectivity index (χ1n) is 5.58. The number of hydrogen-bond donors (Lipinski definition) is 2. The number of rotatable bonds is 4. The minimum Gasteiger partial charge on any atom is -0.373 e. The molecule has 1 aromatic heterocycles. The Labute approximate surface area is 104 Å². The Bertz CT molecular complexity index is 551. The second kappa shape index (κ2) is 4.87. The molecule has 0 bridgehead atoms. The van der Waals surface area contributed by atoms with E-state index in [4.69, 9.17) is 0 Å². The van der Waals surface area contributed by atoms with Crippen LogP contribution in [-0.2, 0) is 0 Å². The topological polar surface area (TPSA) is 83.8 Å². The van der Waals surface area contributed by atoms with Gasteiger partial charge in [0.2, 0.25) is 0 Å². The van der Waals surface area contributed by atoms with Crippen LogP contribution in [0.4, 0.5) is 11.4 Å². The Morgan fingerprint density at radius 1 is 1.50 bits per heavy atom. The maximum atomic E-state index is 10.9. The number of nitrogens with one attached hydrogen (secondary N) is 2. The Morgan fingerprint density at radius 3 is 2.89 bits per heavy atom. The van der Waals surface area contributed by atoms with Crippen molar-refractivity contribution >= 4 is 11.4 Å². The molecule has 0 saturated carbocycles. The van der Waals surface area contributed by atoms with Crippen LogP contribution in [0.3, 0.4) is 0 Å². The van der Waals surface area contributed by atoms with E-state index in [1.165, 1.54) is 6.07 Å². The first kappa shape index (κ1) is 12.1. The molecule has 0 aliphatic heterocycles. The molecule has 0 radical (unpaired) electrons. The predicted octanol–water partition coefficient (Wildman–Crippen LogP) is 2.80. The zero-order valence-electron chi connectivity index (χ0n) is 10.2. The number of aromatic amines is 1. The minimum absolute atomic E-state index is 0.0516. The molecule has 0 fully saturated rings. The molecule has 0 aliphatic carbocycles. The van der Waals surface area contributed by atoms with Crippen molar-refractivity contribution in [1.82, 2.24) is 10.2 Å². The second-order valence-corrected chi connectivity index (χ2v) is 4.18. The van der Waals surface area contributed by atoms with Crippen molar-refractivity contribution in [2.75, 3.05) is 5.32 Å². The van der Waals surface area contributed by atoms with E-state index in [0.29, 0.717) is 5.69 Å². The van der Waals surface area contributed by atoms with Gasteiger partial charge in [-0.05, 0) is 25.5 Å². The summed E-state index contributed by atoms with van der Waals surface area (Å²) < 4.78 is 0. The van der Waals surface area contributed by atoms with Gasteiger partial charge >= 0.3 is 0 Å². The molecule has 6 nitrogen and oxygen atoms in total. The molecule has 0 amide bonds. The third kappa shape index (κ3) is 2.48. The molecule has 6 heteroatoms. The normalized spacial score (nSPS) is 12.1. The standard InChI is InChI=1S/C12H14N4O2/c1-8-3-4-12(16(17)18)11(5-8)15-9(2)10-6-13-14-7-10/h3-7,9,15H,1-2H3,(H,13,14). The van der Waals surface area contributed by atoms with Gasteiger partial charge in [-0.2, -0.15) is 5.10 Å². The van der Waals surface area contributed by atoms with Crippen LogP contribution < -0.4 is 5.32 Å². The highest BCUT2D eigenvalue weighted by molar-refractivity contribution is 5.63. The van der Waals surface area contributed by atoms with Gasteiger partial charge in [-0.1, -0.05) is 6.07 Å². The van der Waals surface area contributed by atoms with Gasteiger partial charge < -0.3 is 5.32 Å². The second-order valence-electron chi connectivity index (χ2n) is 4.18. The SMILES string of the molecule is Cc1ccc([N+](=O)[O-])c(NC(C)c2cn[nH]c2)c1. The molecule has 2 N–H and O–H groups in total. The lowest BCUT2D eigenvalue weighted by Crippen LogP contribution is -2.07. The van der Waals surface area contributed by atoms with Crippen LogP contribution in [0.1, 0.15) is 24.1 Å². The highest BCUT2D eigenvalue weighted by Crippen LogP contribution is 2.28. The average Bonchev–Trinajstić information content (AvgIpc) is 2.81. The van der Waals surface area contributed by atoms with Crippen LogP contribution in [-0.4, -0.2) is 15.1 Å². The van der Waals surface area contributed by atoms with E-state index >= 15 is 0 Å². The molecule has 2 aromatic rings. The van der Waals surface area contributed by atoms with E-state index in [9.17, 15) is 10.1 Å². The Hall–Kier alpha value is -2.37. The molecule has 1 atom stereocenters. The van der Waals surface area contributed by atoms with Crippen molar-refractivity contribution in [3.63, 3.8) is 0 Å². The summed E-state index contributed by atoms with van der Waals surface area (Å²) in [5, 5.41) is 20.7. The van der Waals surface area contributed by atoms with Gasteiger partial charge in [-0.15, -0.1) is 0 Å².